The summed E-state index contributed by atoms with van der Waals surface area (Å²) in [5, 5.41) is 10.6. The second kappa shape index (κ2) is 6.68. The molecule has 0 N–H and O–H groups in total. The fourth-order valence-electron chi connectivity index (χ4n) is 1.36. The van der Waals surface area contributed by atoms with Gasteiger partial charge >= 0.3 is 18.2 Å². The zero-order chi connectivity index (χ0) is 14.6. The molecule has 1 rings (SSSR count). The summed E-state index contributed by atoms with van der Waals surface area (Å²) in [6.45, 7) is 1.71. The second-order valence-corrected chi connectivity index (χ2v) is 4.54. The Bertz CT molecular complexity index is 511. The predicted molar refractivity (Wildman–Crippen MR) is 68.9 cm³/mol. The Morgan fingerprint density at radius 3 is 2.74 bits per heavy atom. The number of hydrogen-bond donors (Lipinski definition) is 0. The van der Waals surface area contributed by atoms with E-state index in [4.69, 9.17) is 0 Å². The summed E-state index contributed by atoms with van der Waals surface area (Å²) in [7, 11) is 0. The number of ether oxygens (including phenoxy) is 1. The Labute approximate surface area is 120 Å². The van der Waals surface area contributed by atoms with Crippen molar-refractivity contribution in [3.8, 4) is 0 Å². The molecule has 0 saturated carbocycles. The van der Waals surface area contributed by atoms with E-state index in [9.17, 15) is 23.7 Å². The molecule has 1 aromatic heterocycles. The number of pyridine rings is 1. The van der Waals surface area contributed by atoms with Gasteiger partial charge in [-0.3, -0.25) is 4.79 Å². The van der Waals surface area contributed by atoms with Crippen LogP contribution in [0.3, 0.4) is 0 Å². The van der Waals surface area contributed by atoms with Crippen molar-refractivity contribution in [2.45, 2.75) is 19.8 Å². The number of alkyl halides is 2. The van der Waals surface area contributed by atoms with Gasteiger partial charge in [0.25, 0.3) is 0 Å². The molecule has 0 amide bonds. The van der Waals surface area contributed by atoms with Crippen LogP contribution in [-0.4, -0.2) is 22.5 Å². The first kappa shape index (κ1) is 15.7. The Balaban J connectivity index is 3.19. The third-order valence-electron chi connectivity index (χ3n) is 2.09. The Morgan fingerprint density at radius 1 is 1.63 bits per heavy atom. The summed E-state index contributed by atoms with van der Waals surface area (Å²) in [6, 6.07) is 1.16. The van der Waals surface area contributed by atoms with Gasteiger partial charge in [0.15, 0.2) is 0 Å². The SMILES string of the molecule is CCOC(=O)Cc1cc(I)c([N+](=O)[O-])nc1C(F)F. The summed E-state index contributed by atoms with van der Waals surface area (Å²) >= 11 is 1.61. The highest BCUT2D eigenvalue weighted by atomic mass is 127. The van der Waals surface area contributed by atoms with Gasteiger partial charge in [0.2, 0.25) is 5.69 Å². The number of nitrogens with zero attached hydrogens (tertiary/aromatic N) is 2. The van der Waals surface area contributed by atoms with E-state index in [1.807, 2.05) is 0 Å². The number of esters is 1. The molecule has 0 bridgehead atoms. The fourth-order valence-corrected chi connectivity index (χ4v) is 2.05. The zero-order valence-electron chi connectivity index (χ0n) is 9.73. The van der Waals surface area contributed by atoms with Crippen LogP contribution in [0.4, 0.5) is 14.6 Å². The molecule has 0 spiro atoms. The Morgan fingerprint density at radius 2 is 2.26 bits per heavy atom. The number of carbonyl (C=O) groups excluding carboxylic acids is 1. The minimum Gasteiger partial charge on any atom is -0.466 e. The van der Waals surface area contributed by atoms with Crippen LogP contribution in [0.1, 0.15) is 24.6 Å². The minimum atomic E-state index is -3.00. The van der Waals surface area contributed by atoms with E-state index < -0.39 is 35.3 Å². The van der Waals surface area contributed by atoms with Crippen molar-refractivity contribution >= 4 is 34.4 Å². The average molecular weight is 386 g/mol. The van der Waals surface area contributed by atoms with Crippen LogP contribution >= 0.6 is 22.6 Å². The van der Waals surface area contributed by atoms with E-state index in [1.54, 1.807) is 29.5 Å². The van der Waals surface area contributed by atoms with E-state index in [1.165, 1.54) is 0 Å². The predicted octanol–water partition coefficient (Wildman–Crippen LogP) is 2.64. The van der Waals surface area contributed by atoms with Crippen LogP contribution < -0.4 is 0 Å². The Hall–Kier alpha value is -1.39. The molecular weight excluding hydrogens is 377 g/mol. The zero-order valence-corrected chi connectivity index (χ0v) is 11.9. The summed E-state index contributed by atoms with van der Waals surface area (Å²) in [6.07, 6.45) is -3.39. The van der Waals surface area contributed by atoms with Crippen LogP contribution in [-0.2, 0) is 16.0 Å². The molecule has 1 heterocycles. The largest absolute Gasteiger partial charge is 0.466 e. The molecule has 0 fully saturated rings. The molecule has 0 radical (unpaired) electrons. The van der Waals surface area contributed by atoms with Crippen molar-refractivity contribution in [1.82, 2.24) is 4.98 Å². The molecule has 19 heavy (non-hydrogen) atoms. The molecule has 0 aromatic carbocycles. The number of nitro groups is 1. The molecule has 1 aromatic rings. The molecule has 0 saturated heterocycles. The van der Waals surface area contributed by atoms with Crippen LogP contribution in [0.25, 0.3) is 0 Å². The lowest BCUT2D eigenvalue weighted by Gasteiger charge is -2.06. The Kier molecular flexibility index (Phi) is 5.51. The van der Waals surface area contributed by atoms with E-state index in [2.05, 4.69) is 9.72 Å². The molecule has 0 atom stereocenters. The maximum Gasteiger partial charge on any atom is 0.377 e. The van der Waals surface area contributed by atoms with Gasteiger partial charge in [0.05, 0.1) is 13.0 Å². The molecule has 0 aliphatic rings. The standard InChI is InChI=1S/C10H9F2IN2O4/c1-2-19-7(16)4-5-3-6(13)10(15(17)18)14-8(5)9(11)12/h3,9H,2,4H2,1H3. The molecular formula is C10H9F2IN2O4. The van der Waals surface area contributed by atoms with Gasteiger partial charge in [-0.2, -0.15) is 0 Å². The van der Waals surface area contributed by atoms with Gasteiger partial charge in [-0.1, -0.05) is 0 Å². The monoisotopic (exact) mass is 386 g/mol. The van der Waals surface area contributed by atoms with Gasteiger partial charge < -0.3 is 14.9 Å². The summed E-state index contributed by atoms with van der Waals surface area (Å²) in [4.78, 5) is 24.4. The van der Waals surface area contributed by atoms with Crippen molar-refractivity contribution in [2.75, 3.05) is 6.61 Å². The van der Waals surface area contributed by atoms with E-state index in [0.29, 0.717) is 0 Å². The van der Waals surface area contributed by atoms with Crippen LogP contribution in [0.15, 0.2) is 6.07 Å². The van der Waals surface area contributed by atoms with Crippen LogP contribution in [0.2, 0.25) is 0 Å². The van der Waals surface area contributed by atoms with Gasteiger partial charge in [-0.25, -0.2) is 8.78 Å². The lowest BCUT2D eigenvalue weighted by atomic mass is 10.1. The first-order chi connectivity index (χ1) is 8.86. The van der Waals surface area contributed by atoms with Gasteiger partial charge in [-0.15, -0.1) is 0 Å². The third-order valence-corrected chi connectivity index (χ3v) is 2.88. The molecule has 0 aliphatic carbocycles. The molecule has 0 unspecified atom stereocenters. The lowest BCUT2D eigenvalue weighted by molar-refractivity contribution is -0.390. The summed E-state index contributed by atoms with van der Waals surface area (Å²) in [5.41, 5.74) is -0.830. The van der Waals surface area contributed by atoms with Gasteiger partial charge in [0, 0.05) is 5.56 Å². The van der Waals surface area contributed by atoms with Crippen molar-refractivity contribution in [3.05, 3.63) is 31.0 Å². The maximum absolute atomic E-state index is 12.8. The highest BCUT2D eigenvalue weighted by molar-refractivity contribution is 14.1. The average Bonchev–Trinajstić information content (AvgIpc) is 2.28. The molecule has 6 nitrogen and oxygen atoms in total. The first-order valence-electron chi connectivity index (χ1n) is 5.14. The highest BCUT2D eigenvalue weighted by Gasteiger charge is 2.27. The fraction of sp³-hybridized carbons (Fsp3) is 0.400. The van der Waals surface area contributed by atoms with Crippen LogP contribution in [0.5, 0.6) is 0 Å². The number of hydrogen-bond acceptors (Lipinski definition) is 5. The third kappa shape index (κ3) is 4.04. The number of halogens is 3. The van der Waals surface area contributed by atoms with Crippen molar-refractivity contribution in [3.63, 3.8) is 0 Å². The topological polar surface area (TPSA) is 82.3 Å². The van der Waals surface area contributed by atoms with Crippen molar-refractivity contribution in [1.29, 1.82) is 0 Å². The van der Waals surface area contributed by atoms with E-state index in [0.717, 1.165) is 6.07 Å². The minimum absolute atomic E-state index is 0.0662. The molecule has 104 valence electrons. The van der Waals surface area contributed by atoms with Crippen molar-refractivity contribution < 1.29 is 23.2 Å². The van der Waals surface area contributed by atoms with Crippen molar-refractivity contribution in [2.24, 2.45) is 0 Å². The van der Waals surface area contributed by atoms with E-state index >= 15 is 0 Å². The lowest BCUT2D eigenvalue weighted by Crippen LogP contribution is -2.12. The highest BCUT2D eigenvalue weighted by Crippen LogP contribution is 2.28. The molecule has 0 aliphatic heterocycles. The normalized spacial score (nSPS) is 10.6. The van der Waals surface area contributed by atoms with Gasteiger partial charge in [0.1, 0.15) is 3.57 Å². The first-order valence-corrected chi connectivity index (χ1v) is 6.22. The molecule has 9 heteroatoms. The summed E-state index contributed by atoms with van der Waals surface area (Å²) < 4.78 is 30.3. The number of carbonyl (C=O) groups is 1. The van der Waals surface area contributed by atoms with E-state index in [-0.39, 0.29) is 15.7 Å². The smallest absolute Gasteiger partial charge is 0.377 e. The summed E-state index contributed by atoms with van der Waals surface area (Å²) in [5.74, 6) is -1.33. The second-order valence-electron chi connectivity index (χ2n) is 3.38. The van der Waals surface area contributed by atoms with Gasteiger partial charge in [-0.05, 0) is 45.5 Å². The number of rotatable bonds is 5. The maximum atomic E-state index is 12.8. The quantitative estimate of drug-likeness (QED) is 0.336. The number of aromatic nitrogens is 1. The van der Waals surface area contributed by atoms with Crippen LogP contribution in [0, 0.1) is 13.7 Å².